The lowest BCUT2D eigenvalue weighted by Crippen LogP contribution is -2.47. The molecule has 9 nitrogen and oxygen atoms in total. The van der Waals surface area contributed by atoms with Crippen LogP contribution in [-0.4, -0.2) is 74.3 Å². The summed E-state index contributed by atoms with van der Waals surface area (Å²) in [6.07, 6.45) is 74.3. The second kappa shape index (κ2) is 56.5. The van der Waals surface area contributed by atoms with Crippen LogP contribution in [0.3, 0.4) is 0 Å². The zero-order valence-electron chi connectivity index (χ0n) is 50.9. The van der Waals surface area contributed by atoms with Crippen LogP contribution in [0.4, 0.5) is 0 Å². The molecule has 0 aliphatic heterocycles. The summed E-state index contributed by atoms with van der Waals surface area (Å²) in [6.45, 7) is 6.94. The molecule has 0 aliphatic rings. The summed E-state index contributed by atoms with van der Waals surface area (Å²) in [5, 5.41) is 3.05. The minimum Gasteiger partial charge on any atom is -0.456 e. The molecule has 0 saturated heterocycles. The van der Waals surface area contributed by atoms with Crippen LogP contribution in [0.15, 0.2) is 85.1 Å². The van der Waals surface area contributed by atoms with E-state index in [4.69, 9.17) is 13.8 Å². The molecule has 0 aromatic carbocycles. The number of hydrogen-bond acceptors (Lipinski definition) is 6. The molecule has 2 N–H and O–H groups in total. The summed E-state index contributed by atoms with van der Waals surface area (Å²) in [4.78, 5) is 37.7. The first-order valence-corrected chi connectivity index (χ1v) is 33.4. The zero-order chi connectivity index (χ0) is 56.4. The second-order valence-corrected chi connectivity index (χ2v) is 24.0. The van der Waals surface area contributed by atoms with Crippen molar-refractivity contribution in [1.82, 2.24) is 5.32 Å². The van der Waals surface area contributed by atoms with Crippen molar-refractivity contribution in [3.63, 3.8) is 0 Å². The standard InChI is InChI=1S/C67H121N2O7P/c1-7-10-13-16-19-22-25-27-29-31-33-34-36-37-39-41-44-47-50-53-56-59-66(70)68-64(63-75-77(72,73)74-62-61-69(4,5)6)65(58-55-52-49-46-43-24-21-18-15-12-9-3)76-67(71)60-57-54-51-48-45-42-40-38-35-32-30-28-26-23-20-17-14-11-8-2/h19-20,22-23,27-30,33-34,37,39,55,58,64-65H,7-18,21,24-26,31-32,35-36,38,40-54,56-57,59-63H2,1-6H3,(H-,68,70,72,73)/p+1/b22-19-,23-20-,29-27-,30-28-,34-33-,39-37-,58-55+. The number of allylic oxidation sites excluding steroid dienone is 13. The number of phosphoric acid groups is 1. The fourth-order valence-electron chi connectivity index (χ4n) is 8.84. The molecule has 77 heavy (non-hydrogen) atoms. The molecule has 0 rings (SSSR count). The molecule has 0 radical (unpaired) electrons. The summed E-state index contributed by atoms with van der Waals surface area (Å²) >= 11 is 0. The zero-order valence-corrected chi connectivity index (χ0v) is 51.8. The number of rotatable bonds is 57. The number of amides is 1. The SMILES string of the molecule is CCCCC/C=C\C/C=C\C/C=C\C/C=C\CCCCCCCC(=O)NC(COP(=O)(O)OCC[N+](C)(C)C)C(/C=C/CCCCCCCCCCC)OC(=O)CCCCCCCCCCC/C=C\C/C=C\CCCCC. The maximum atomic E-state index is 13.5. The summed E-state index contributed by atoms with van der Waals surface area (Å²) < 4.78 is 30.7. The van der Waals surface area contributed by atoms with Crippen LogP contribution in [0.25, 0.3) is 0 Å². The number of likely N-dealkylation sites (N-methyl/N-ethyl adjacent to an activating group) is 1. The van der Waals surface area contributed by atoms with E-state index in [0.717, 1.165) is 103 Å². The lowest BCUT2D eigenvalue weighted by Gasteiger charge is -2.27. The third kappa shape index (κ3) is 57.7. The van der Waals surface area contributed by atoms with Crippen LogP contribution in [-0.2, 0) is 27.9 Å². The first kappa shape index (κ1) is 74.2. The molecule has 0 saturated carbocycles. The van der Waals surface area contributed by atoms with Gasteiger partial charge in [-0.1, -0.05) is 241 Å². The Balaban J connectivity index is 5.24. The highest BCUT2D eigenvalue weighted by Gasteiger charge is 2.30. The monoisotopic (exact) mass is 1100 g/mol. The molecular weight excluding hydrogens is 976 g/mol. The van der Waals surface area contributed by atoms with Gasteiger partial charge in [0, 0.05) is 12.8 Å². The number of ether oxygens (including phenoxy) is 1. The largest absolute Gasteiger partial charge is 0.472 e. The molecule has 1 amide bonds. The normalized spacial score (nSPS) is 14.2. The summed E-state index contributed by atoms with van der Waals surface area (Å²) in [5.74, 6) is -0.531. The van der Waals surface area contributed by atoms with Crippen molar-refractivity contribution in [2.24, 2.45) is 0 Å². The topological polar surface area (TPSA) is 111 Å². The third-order valence-corrected chi connectivity index (χ3v) is 14.8. The van der Waals surface area contributed by atoms with Crippen LogP contribution in [0.2, 0.25) is 0 Å². The quantitative estimate of drug-likeness (QED) is 0.0205. The molecule has 0 aliphatic carbocycles. The van der Waals surface area contributed by atoms with E-state index >= 15 is 0 Å². The van der Waals surface area contributed by atoms with Gasteiger partial charge in [0.05, 0.1) is 33.8 Å². The van der Waals surface area contributed by atoms with E-state index in [2.05, 4.69) is 99.0 Å². The van der Waals surface area contributed by atoms with Crippen LogP contribution < -0.4 is 5.32 Å². The number of nitrogens with zero attached hydrogens (tertiary/aromatic N) is 1. The van der Waals surface area contributed by atoms with Crippen LogP contribution in [0.1, 0.15) is 278 Å². The van der Waals surface area contributed by atoms with Gasteiger partial charge in [-0.05, 0) is 109 Å². The molecule has 3 unspecified atom stereocenters. The fourth-order valence-corrected chi connectivity index (χ4v) is 9.57. The van der Waals surface area contributed by atoms with E-state index in [-0.39, 0.29) is 31.5 Å². The average Bonchev–Trinajstić information content (AvgIpc) is 3.39. The lowest BCUT2D eigenvalue weighted by atomic mass is 10.0. The molecular formula is C67H122N2O7P+. The number of nitrogens with one attached hydrogen (secondary N) is 1. The predicted octanol–water partition coefficient (Wildman–Crippen LogP) is 19.8. The molecule has 0 aromatic heterocycles. The molecule has 0 fully saturated rings. The van der Waals surface area contributed by atoms with Crippen molar-refractivity contribution >= 4 is 19.7 Å². The third-order valence-electron chi connectivity index (χ3n) is 13.8. The van der Waals surface area contributed by atoms with Gasteiger partial charge in [0.25, 0.3) is 0 Å². The first-order valence-electron chi connectivity index (χ1n) is 31.9. The van der Waals surface area contributed by atoms with Crippen molar-refractivity contribution in [1.29, 1.82) is 0 Å². The van der Waals surface area contributed by atoms with Crippen LogP contribution in [0.5, 0.6) is 0 Å². The van der Waals surface area contributed by atoms with Gasteiger partial charge in [-0.2, -0.15) is 0 Å². The number of phosphoric ester groups is 1. The smallest absolute Gasteiger partial charge is 0.456 e. The second-order valence-electron chi connectivity index (χ2n) is 22.6. The number of esters is 1. The maximum absolute atomic E-state index is 13.5. The Morgan fingerprint density at radius 1 is 0.455 bits per heavy atom. The lowest BCUT2D eigenvalue weighted by molar-refractivity contribution is -0.870. The average molecular weight is 1100 g/mol. The summed E-state index contributed by atoms with van der Waals surface area (Å²) in [6, 6.07) is -0.864. The molecule has 0 bridgehead atoms. The van der Waals surface area contributed by atoms with Crippen molar-refractivity contribution in [3.05, 3.63) is 85.1 Å². The molecule has 0 heterocycles. The molecule has 3 atom stereocenters. The summed E-state index contributed by atoms with van der Waals surface area (Å²) in [7, 11) is 1.47. The Bertz CT molecular complexity index is 1590. The van der Waals surface area contributed by atoms with E-state index in [0.29, 0.717) is 17.4 Å². The van der Waals surface area contributed by atoms with Crippen LogP contribution in [0, 0.1) is 0 Å². The minimum absolute atomic E-state index is 0.0322. The number of hydrogen-bond donors (Lipinski definition) is 2. The first-order chi connectivity index (χ1) is 37.4. The van der Waals surface area contributed by atoms with E-state index in [9.17, 15) is 19.0 Å². The maximum Gasteiger partial charge on any atom is 0.472 e. The molecule has 10 heteroatoms. The van der Waals surface area contributed by atoms with Gasteiger partial charge in [0.15, 0.2) is 0 Å². The van der Waals surface area contributed by atoms with Gasteiger partial charge < -0.3 is 19.4 Å². The molecule has 0 spiro atoms. The van der Waals surface area contributed by atoms with Gasteiger partial charge in [0.2, 0.25) is 5.91 Å². The van der Waals surface area contributed by atoms with E-state index in [1.165, 1.54) is 141 Å². The Labute approximate surface area is 476 Å². The molecule has 446 valence electrons. The van der Waals surface area contributed by atoms with Gasteiger partial charge in [-0.25, -0.2) is 4.57 Å². The molecule has 0 aromatic rings. The highest BCUT2D eigenvalue weighted by molar-refractivity contribution is 7.47. The number of unbranched alkanes of at least 4 members (excludes halogenated alkanes) is 29. The number of carbonyl (C=O) groups excluding carboxylic acids is 2. The minimum atomic E-state index is -4.46. The summed E-state index contributed by atoms with van der Waals surface area (Å²) in [5.41, 5.74) is 0. The van der Waals surface area contributed by atoms with Crippen molar-refractivity contribution in [2.45, 2.75) is 290 Å². The Kier molecular flexibility index (Phi) is 54.4. The highest BCUT2D eigenvalue weighted by Crippen LogP contribution is 2.43. The van der Waals surface area contributed by atoms with E-state index in [1.54, 1.807) is 0 Å². The fraction of sp³-hybridized carbons (Fsp3) is 0.761. The Morgan fingerprint density at radius 2 is 0.792 bits per heavy atom. The van der Waals surface area contributed by atoms with Crippen molar-refractivity contribution in [3.8, 4) is 0 Å². The Morgan fingerprint density at radius 3 is 1.21 bits per heavy atom. The number of carbonyl (C=O) groups is 2. The van der Waals surface area contributed by atoms with Gasteiger partial charge in [-0.15, -0.1) is 0 Å². The van der Waals surface area contributed by atoms with Crippen molar-refractivity contribution in [2.75, 3.05) is 40.9 Å². The number of quaternary nitrogens is 1. The highest BCUT2D eigenvalue weighted by atomic mass is 31.2. The van der Waals surface area contributed by atoms with Gasteiger partial charge in [0.1, 0.15) is 19.3 Å². The van der Waals surface area contributed by atoms with E-state index in [1.807, 2.05) is 33.3 Å². The Hall–Kier alpha value is -2.81. The predicted molar refractivity (Wildman–Crippen MR) is 332 cm³/mol. The van der Waals surface area contributed by atoms with Gasteiger partial charge in [-0.3, -0.25) is 18.6 Å². The van der Waals surface area contributed by atoms with Gasteiger partial charge >= 0.3 is 13.8 Å². The van der Waals surface area contributed by atoms with E-state index < -0.39 is 20.0 Å². The van der Waals surface area contributed by atoms with Crippen LogP contribution >= 0.6 is 7.82 Å². The van der Waals surface area contributed by atoms with Crippen molar-refractivity contribution < 1.29 is 37.3 Å².